The van der Waals surface area contributed by atoms with Crippen LogP contribution in [0.4, 0.5) is 23.2 Å². The molecule has 0 aromatic heterocycles. The van der Waals surface area contributed by atoms with Gasteiger partial charge in [-0.15, -0.1) is 0 Å². The van der Waals surface area contributed by atoms with E-state index in [0.717, 1.165) is 5.56 Å². The first kappa shape index (κ1) is 23.6. The Morgan fingerprint density at radius 2 is 1.77 bits per heavy atom. The number of carboxylic acid groups (broad SMARTS) is 2. The maximum Gasteiger partial charge on any atom is 0.490 e. The topological polar surface area (TPSA) is 116 Å². The average Bonchev–Trinajstić information content (AvgIpc) is 3.12. The van der Waals surface area contributed by atoms with Gasteiger partial charge in [-0.2, -0.15) is 13.2 Å². The minimum atomic E-state index is -5.08. The minimum absolute atomic E-state index is 0.0125. The Bertz CT molecular complexity index is 879. The van der Waals surface area contributed by atoms with Crippen molar-refractivity contribution in [3.63, 3.8) is 0 Å². The van der Waals surface area contributed by atoms with Crippen LogP contribution in [0.25, 0.3) is 0 Å². The molecule has 166 valence electrons. The number of nitrogens with one attached hydrogen (secondary N) is 2. The smallest absolute Gasteiger partial charge is 0.480 e. The summed E-state index contributed by atoms with van der Waals surface area (Å²) < 4.78 is 46.2. The van der Waals surface area contributed by atoms with E-state index >= 15 is 0 Å². The molecule has 11 heteroatoms. The lowest BCUT2D eigenvalue weighted by Crippen LogP contribution is -2.36. The first-order valence-electron chi connectivity index (χ1n) is 8.97. The molecule has 7 nitrogen and oxygen atoms in total. The highest BCUT2D eigenvalue weighted by Crippen LogP contribution is 2.45. The number of alkyl halides is 3. The monoisotopic (exact) mass is 434 g/mol. The first-order chi connectivity index (χ1) is 13.6. The van der Waals surface area contributed by atoms with E-state index in [0.29, 0.717) is 12.0 Å². The molecule has 2 atom stereocenters. The number of fused-ring (bicyclic) bond motifs is 2. The van der Waals surface area contributed by atoms with Crippen LogP contribution in [0.5, 0.6) is 0 Å². The fourth-order valence-corrected chi connectivity index (χ4v) is 3.58. The second-order valence-corrected chi connectivity index (χ2v) is 8.55. The van der Waals surface area contributed by atoms with Gasteiger partial charge in [-0.3, -0.25) is 9.59 Å². The molecule has 2 aliphatic rings. The van der Waals surface area contributed by atoms with Gasteiger partial charge in [0.25, 0.3) is 0 Å². The third-order valence-corrected chi connectivity index (χ3v) is 4.82. The third kappa shape index (κ3) is 4.89. The summed E-state index contributed by atoms with van der Waals surface area (Å²) in [5.41, 5.74) is 0.594. The van der Waals surface area contributed by atoms with Crippen LogP contribution in [-0.4, -0.2) is 46.8 Å². The van der Waals surface area contributed by atoms with Crippen molar-refractivity contribution < 1.29 is 42.2 Å². The average molecular weight is 434 g/mol. The molecule has 0 aliphatic carbocycles. The summed E-state index contributed by atoms with van der Waals surface area (Å²) in [7, 11) is 0. The molecule has 2 heterocycles. The summed E-state index contributed by atoms with van der Waals surface area (Å²) in [5, 5.41) is 21.8. The van der Waals surface area contributed by atoms with Crippen LogP contribution < -0.4 is 10.6 Å². The first-order valence-corrected chi connectivity index (χ1v) is 8.97. The van der Waals surface area contributed by atoms with E-state index in [1.807, 2.05) is 6.07 Å². The lowest BCUT2D eigenvalue weighted by atomic mass is 9.78. The zero-order valence-electron chi connectivity index (χ0n) is 16.5. The van der Waals surface area contributed by atoms with Crippen LogP contribution in [0, 0.1) is 11.2 Å². The van der Waals surface area contributed by atoms with Gasteiger partial charge in [0.2, 0.25) is 5.91 Å². The van der Waals surface area contributed by atoms with Crippen molar-refractivity contribution in [2.75, 3.05) is 11.9 Å². The van der Waals surface area contributed by atoms with E-state index in [1.54, 1.807) is 0 Å². The summed E-state index contributed by atoms with van der Waals surface area (Å²) in [6.45, 7) is 6.40. The van der Waals surface area contributed by atoms with Crippen LogP contribution >= 0.6 is 0 Å². The van der Waals surface area contributed by atoms with Gasteiger partial charge in [-0.1, -0.05) is 26.8 Å². The Labute approximate surface area is 169 Å². The number of hydrogen-bond donors (Lipinski definition) is 4. The van der Waals surface area contributed by atoms with Gasteiger partial charge in [0, 0.05) is 6.54 Å². The molecule has 1 fully saturated rings. The van der Waals surface area contributed by atoms with Crippen molar-refractivity contribution in [1.82, 2.24) is 5.32 Å². The Balaban J connectivity index is 0.000000396. The van der Waals surface area contributed by atoms with Crippen molar-refractivity contribution in [3.05, 3.63) is 29.1 Å². The molecule has 1 aromatic carbocycles. The Morgan fingerprint density at radius 1 is 1.20 bits per heavy atom. The zero-order valence-corrected chi connectivity index (χ0v) is 16.5. The molecule has 0 saturated carbocycles. The molecule has 3 rings (SSSR count). The van der Waals surface area contributed by atoms with E-state index < -0.39 is 35.4 Å². The highest BCUT2D eigenvalue weighted by molar-refractivity contribution is 6.07. The van der Waals surface area contributed by atoms with Crippen molar-refractivity contribution >= 4 is 23.5 Å². The molecule has 2 unspecified atom stereocenters. The van der Waals surface area contributed by atoms with Crippen LogP contribution in [0.15, 0.2) is 12.1 Å². The maximum atomic E-state index is 14.4. The zero-order chi connectivity index (χ0) is 23.1. The number of carboxylic acids is 2. The maximum absolute atomic E-state index is 14.4. The number of rotatable bonds is 2. The van der Waals surface area contributed by atoms with Gasteiger partial charge in [0.05, 0.1) is 11.1 Å². The molecule has 1 spiro atoms. The van der Waals surface area contributed by atoms with Crippen molar-refractivity contribution in [2.24, 2.45) is 5.41 Å². The van der Waals surface area contributed by atoms with Crippen LogP contribution in [0.3, 0.4) is 0 Å². The molecule has 4 N–H and O–H groups in total. The third-order valence-electron chi connectivity index (χ3n) is 4.82. The summed E-state index contributed by atoms with van der Waals surface area (Å²) in [6, 6.07) is 2.52. The highest BCUT2D eigenvalue weighted by Gasteiger charge is 2.54. The fourth-order valence-electron chi connectivity index (χ4n) is 3.58. The van der Waals surface area contributed by atoms with Crippen LogP contribution in [0.2, 0.25) is 0 Å². The second-order valence-electron chi connectivity index (χ2n) is 8.55. The Morgan fingerprint density at radius 3 is 2.20 bits per heavy atom. The normalized spacial score (nSPS) is 22.9. The number of hydrogen-bond acceptors (Lipinski definition) is 4. The van der Waals surface area contributed by atoms with E-state index in [-0.39, 0.29) is 30.0 Å². The minimum Gasteiger partial charge on any atom is -0.480 e. The van der Waals surface area contributed by atoms with Gasteiger partial charge in [-0.05, 0) is 35.4 Å². The molecule has 0 bridgehead atoms. The lowest BCUT2D eigenvalue weighted by Gasteiger charge is -2.22. The standard InChI is InChI=1S/C17H21FN2O3.C2HF3O2/c1-16(2,3)6-9-4-10-13(11(18)5-9)20-15(23)17(10)7-12(14(21)22)19-8-17;3-2(4,5)1(6)7/h4-5,12,19H,6-8H2,1-3H3,(H,20,23)(H,21,22);(H,6,7). The van der Waals surface area contributed by atoms with Gasteiger partial charge in [-0.25, -0.2) is 9.18 Å². The number of halogens is 4. The van der Waals surface area contributed by atoms with Gasteiger partial charge >= 0.3 is 18.1 Å². The Hall–Kier alpha value is -2.69. The summed E-state index contributed by atoms with van der Waals surface area (Å²) in [4.78, 5) is 32.6. The number of anilines is 1. The molecular formula is C19H22F4N2O5. The van der Waals surface area contributed by atoms with E-state index in [9.17, 15) is 32.3 Å². The number of benzene rings is 1. The second kappa shape index (κ2) is 7.86. The molecule has 0 radical (unpaired) electrons. The molecule has 1 saturated heterocycles. The predicted octanol–water partition coefficient (Wildman–Crippen LogP) is 2.68. The van der Waals surface area contributed by atoms with E-state index in [1.165, 1.54) is 6.07 Å². The quantitative estimate of drug-likeness (QED) is 0.532. The molecule has 2 aliphatic heterocycles. The lowest BCUT2D eigenvalue weighted by molar-refractivity contribution is -0.192. The summed E-state index contributed by atoms with van der Waals surface area (Å²) in [6.07, 6.45) is -4.27. The van der Waals surface area contributed by atoms with Crippen LogP contribution in [-0.2, 0) is 26.2 Å². The van der Waals surface area contributed by atoms with Crippen LogP contribution in [0.1, 0.15) is 38.3 Å². The van der Waals surface area contributed by atoms with Crippen molar-refractivity contribution in [1.29, 1.82) is 0 Å². The summed E-state index contributed by atoms with van der Waals surface area (Å²) >= 11 is 0. The van der Waals surface area contributed by atoms with E-state index in [4.69, 9.17) is 9.90 Å². The van der Waals surface area contributed by atoms with Gasteiger partial charge in [0.1, 0.15) is 11.9 Å². The fraction of sp³-hybridized carbons (Fsp3) is 0.526. The number of carbonyl (C=O) groups is 3. The van der Waals surface area contributed by atoms with Crippen molar-refractivity contribution in [3.8, 4) is 0 Å². The SMILES string of the molecule is CC(C)(C)Cc1cc(F)c2c(c1)C1(CNC(C(=O)O)C1)C(=O)N2.O=C(O)C(F)(F)F. The largest absolute Gasteiger partial charge is 0.490 e. The Kier molecular flexibility index (Phi) is 6.18. The molecular weight excluding hydrogens is 412 g/mol. The molecule has 1 amide bonds. The highest BCUT2D eigenvalue weighted by atomic mass is 19.4. The van der Waals surface area contributed by atoms with E-state index in [2.05, 4.69) is 31.4 Å². The predicted molar refractivity (Wildman–Crippen MR) is 97.6 cm³/mol. The van der Waals surface area contributed by atoms with Gasteiger partial charge < -0.3 is 20.8 Å². The van der Waals surface area contributed by atoms with Gasteiger partial charge in [0.15, 0.2) is 0 Å². The molecule has 1 aromatic rings. The van der Waals surface area contributed by atoms with Crippen molar-refractivity contribution in [2.45, 2.75) is 51.2 Å². The number of carbonyl (C=O) groups excluding carboxylic acids is 1. The number of amides is 1. The number of aliphatic carboxylic acids is 2. The molecule has 30 heavy (non-hydrogen) atoms. The summed E-state index contributed by atoms with van der Waals surface area (Å²) in [5.74, 6) is -4.52.